The van der Waals surface area contributed by atoms with Gasteiger partial charge in [0.05, 0.1) is 12.2 Å². The van der Waals surface area contributed by atoms with Crippen LogP contribution in [0.1, 0.15) is 24.5 Å². The van der Waals surface area contributed by atoms with Crippen LogP contribution >= 0.6 is 11.6 Å². The van der Waals surface area contributed by atoms with Gasteiger partial charge in [0.15, 0.2) is 0 Å². The molecule has 1 heterocycles. The molecule has 1 saturated heterocycles. The van der Waals surface area contributed by atoms with Crippen molar-refractivity contribution >= 4 is 11.6 Å². The molecule has 1 N–H and O–H groups in total. The fourth-order valence-electron chi connectivity index (χ4n) is 2.18. The van der Waals surface area contributed by atoms with Crippen molar-refractivity contribution in [2.45, 2.75) is 25.0 Å². The van der Waals surface area contributed by atoms with Crippen molar-refractivity contribution in [3.63, 3.8) is 0 Å². The average molecular weight is 270 g/mol. The Morgan fingerprint density at radius 2 is 2.22 bits per heavy atom. The van der Waals surface area contributed by atoms with Gasteiger partial charge in [-0.3, -0.25) is 0 Å². The van der Waals surface area contributed by atoms with Gasteiger partial charge in [-0.2, -0.15) is 0 Å². The largest absolute Gasteiger partial charge is 0.381 e. The molecule has 0 amide bonds. The molecule has 2 rings (SSSR count). The zero-order chi connectivity index (χ0) is 12.8. The first-order valence-electron chi connectivity index (χ1n) is 6.43. The Bertz CT molecular complexity index is 367. The maximum Gasteiger partial charge on any atom is 0.0953 e. The number of ether oxygens (including phenoxy) is 2. The molecule has 0 bridgehead atoms. The molecular formula is C14H20ClNO2. The smallest absolute Gasteiger partial charge is 0.0953 e. The SMILES string of the molecule is CNCC(OC1CCOCC1)c1cccc(Cl)c1. The second-order valence-corrected chi connectivity index (χ2v) is 4.99. The fraction of sp³-hybridized carbons (Fsp3) is 0.571. The van der Waals surface area contributed by atoms with Crippen molar-refractivity contribution in [2.24, 2.45) is 0 Å². The molecule has 100 valence electrons. The van der Waals surface area contributed by atoms with Crippen molar-refractivity contribution in [1.29, 1.82) is 0 Å². The van der Waals surface area contributed by atoms with Crippen LogP contribution in [0, 0.1) is 0 Å². The molecule has 18 heavy (non-hydrogen) atoms. The predicted molar refractivity (Wildman–Crippen MR) is 73.0 cm³/mol. The van der Waals surface area contributed by atoms with E-state index in [0.29, 0.717) is 0 Å². The molecular weight excluding hydrogens is 250 g/mol. The van der Waals surface area contributed by atoms with E-state index in [4.69, 9.17) is 21.1 Å². The molecule has 0 aliphatic carbocycles. The number of nitrogens with one attached hydrogen (secondary N) is 1. The summed E-state index contributed by atoms with van der Waals surface area (Å²) >= 11 is 6.04. The van der Waals surface area contributed by atoms with E-state index in [2.05, 4.69) is 11.4 Å². The Hall–Kier alpha value is -0.610. The first-order chi connectivity index (χ1) is 8.79. The lowest BCUT2D eigenvalue weighted by Gasteiger charge is -2.28. The van der Waals surface area contributed by atoms with E-state index >= 15 is 0 Å². The Labute approximate surface area is 113 Å². The quantitative estimate of drug-likeness (QED) is 0.892. The highest BCUT2D eigenvalue weighted by Crippen LogP contribution is 2.24. The van der Waals surface area contributed by atoms with E-state index in [1.165, 1.54) is 0 Å². The summed E-state index contributed by atoms with van der Waals surface area (Å²) in [6.07, 6.45) is 2.29. The summed E-state index contributed by atoms with van der Waals surface area (Å²) in [5.41, 5.74) is 1.13. The third-order valence-electron chi connectivity index (χ3n) is 3.14. The van der Waals surface area contributed by atoms with E-state index in [9.17, 15) is 0 Å². The van der Waals surface area contributed by atoms with Crippen molar-refractivity contribution < 1.29 is 9.47 Å². The van der Waals surface area contributed by atoms with E-state index in [1.54, 1.807) is 0 Å². The van der Waals surface area contributed by atoms with Crippen molar-refractivity contribution in [2.75, 3.05) is 26.8 Å². The van der Waals surface area contributed by atoms with Gasteiger partial charge in [0.1, 0.15) is 0 Å². The van der Waals surface area contributed by atoms with Gasteiger partial charge < -0.3 is 14.8 Å². The van der Waals surface area contributed by atoms with E-state index in [0.717, 1.165) is 43.2 Å². The molecule has 0 spiro atoms. The lowest BCUT2D eigenvalue weighted by Crippen LogP contribution is -2.29. The molecule has 4 heteroatoms. The highest BCUT2D eigenvalue weighted by atomic mass is 35.5. The molecule has 0 aromatic heterocycles. The van der Waals surface area contributed by atoms with E-state index < -0.39 is 0 Å². The van der Waals surface area contributed by atoms with E-state index in [-0.39, 0.29) is 12.2 Å². The van der Waals surface area contributed by atoms with Crippen LogP contribution in [0.3, 0.4) is 0 Å². The van der Waals surface area contributed by atoms with Gasteiger partial charge >= 0.3 is 0 Å². The summed E-state index contributed by atoms with van der Waals surface area (Å²) in [4.78, 5) is 0. The lowest BCUT2D eigenvalue weighted by molar-refractivity contribution is -0.0684. The molecule has 0 saturated carbocycles. The Kier molecular flexibility index (Phi) is 5.45. The zero-order valence-electron chi connectivity index (χ0n) is 10.7. The summed E-state index contributed by atoms with van der Waals surface area (Å²) < 4.78 is 11.5. The maximum absolute atomic E-state index is 6.17. The molecule has 1 fully saturated rings. The average Bonchev–Trinajstić information content (AvgIpc) is 2.39. The van der Waals surface area contributed by atoms with Gasteiger partial charge in [-0.1, -0.05) is 23.7 Å². The molecule has 3 nitrogen and oxygen atoms in total. The van der Waals surface area contributed by atoms with Crippen LogP contribution in [-0.2, 0) is 9.47 Å². The minimum atomic E-state index is 0.0526. The zero-order valence-corrected chi connectivity index (χ0v) is 11.5. The minimum Gasteiger partial charge on any atom is -0.381 e. The van der Waals surface area contributed by atoms with Crippen LogP contribution < -0.4 is 5.32 Å². The maximum atomic E-state index is 6.17. The van der Waals surface area contributed by atoms with Crippen molar-refractivity contribution in [3.8, 4) is 0 Å². The number of benzene rings is 1. The van der Waals surface area contributed by atoms with Crippen LogP contribution in [0.5, 0.6) is 0 Å². The van der Waals surface area contributed by atoms with Crippen molar-refractivity contribution in [3.05, 3.63) is 34.9 Å². The van der Waals surface area contributed by atoms with Crippen LogP contribution in [0.15, 0.2) is 24.3 Å². The van der Waals surface area contributed by atoms with Gasteiger partial charge in [-0.05, 0) is 37.6 Å². The summed E-state index contributed by atoms with van der Waals surface area (Å²) in [5.74, 6) is 0. The number of hydrogen-bond donors (Lipinski definition) is 1. The van der Waals surface area contributed by atoms with Gasteiger partial charge in [0, 0.05) is 24.8 Å². The van der Waals surface area contributed by atoms with Crippen molar-refractivity contribution in [1.82, 2.24) is 5.32 Å². The molecule has 1 atom stereocenters. The van der Waals surface area contributed by atoms with Gasteiger partial charge in [-0.25, -0.2) is 0 Å². The molecule has 1 aromatic carbocycles. The van der Waals surface area contributed by atoms with Crippen LogP contribution in [0.2, 0.25) is 5.02 Å². The lowest BCUT2D eigenvalue weighted by atomic mass is 10.1. The normalized spacial score (nSPS) is 18.8. The molecule has 1 aromatic rings. The number of hydrogen-bond acceptors (Lipinski definition) is 3. The summed E-state index contributed by atoms with van der Waals surface area (Å²) in [5, 5.41) is 3.93. The second kappa shape index (κ2) is 7.10. The predicted octanol–water partition coefficient (Wildman–Crippen LogP) is 2.80. The van der Waals surface area contributed by atoms with Gasteiger partial charge in [-0.15, -0.1) is 0 Å². The highest BCUT2D eigenvalue weighted by Gasteiger charge is 2.20. The first kappa shape index (κ1) is 13.8. The first-order valence-corrected chi connectivity index (χ1v) is 6.80. The van der Waals surface area contributed by atoms with E-state index in [1.807, 2.05) is 25.2 Å². The molecule has 1 aliphatic heterocycles. The minimum absolute atomic E-state index is 0.0526. The Balaban J connectivity index is 2.02. The number of halogens is 1. The number of rotatable bonds is 5. The fourth-order valence-corrected chi connectivity index (χ4v) is 2.38. The van der Waals surface area contributed by atoms with Crippen LogP contribution in [0.25, 0.3) is 0 Å². The van der Waals surface area contributed by atoms with Crippen LogP contribution in [-0.4, -0.2) is 32.9 Å². The number of likely N-dealkylation sites (N-methyl/N-ethyl adjacent to an activating group) is 1. The topological polar surface area (TPSA) is 30.5 Å². The molecule has 1 unspecified atom stereocenters. The molecule has 1 aliphatic rings. The van der Waals surface area contributed by atoms with Crippen LogP contribution in [0.4, 0.5) is 0 Å². The highest BCUT2D eigenvalue weighted by molar-refractivity contribution is 6.30. The second-order valence-electron chi connectivity index (χ2n) is 4.55. The third kappa shape index (κ3) is 3.95. The third-order valence-corrected chi connectivity index (χ3v) is 3.37. The Morgan fingerprint density at radius 1 is 1.44 bits per heavy atom. The molecule has 0 radical (unpaired) electrons. The standard InChI is InChI=1S/C14H20ClNO2/c1-16-10-14(11-3-2-4-12(15)9-11)18-13-5-7-17-8-6-13/h2-4,9,13-14,16H,5-8,10H2,1H3. The summed E-state index contributed by atoms with van der Waals surface area (Å²) in [6.45, 7) is 2.39. The monoisotopic (exact) mass is 269 g/mol. The van der Waals surface area contributed by atoms with Gasteiger partial charge in [0.2, 0.25) is 0 Å². The Morgan fingerprint density at radius 3 is 2.89 bits per heavy atom. The summed E-state index contributed by atoms with van der Waals surface area (Å²) in [7, 11) is 1.94. The van der Waals surface area contributed by atoms with Gasteiger partial charge in [0.25, 0.3) is 0 Å². The summed E-state index contributed by atoms with van der Waals surface area (Å²) in [6, 6.07) is 7.89.